The van der Waals surface area contributed by atoms with E-state index in [1.54, 1.807) is 19.1 Å². The number of carbonyl (C=O) groups is 1. The first-order chi connectivity index (χ1) is 15.4. The second-order valence-electron chi connectivity index (χ2n) is 8.88. The number of amides is 1. The predicted molar refractivity (Wildman–Crippen MR) is 120 cm³/mol. The number of anilines is 1. The number of hydrogen-bond donors (Lipinski definition) is 2. The molecule has 1 atom stereocenters. The second-order valence-corrected chi connectivity index (χ2v) is 8.88. The molecule has 172 valence electrons. The van der Waals surface area contributed by atoms with E-state index in [-0.39, 0.29) is 29.4 Å². The van der Waals surface area contributed by atoms with Crippen LogP contribution in [0.4, 0.5) is 14.6 Å². The lowest BCUT2D eigenvalue weighted by Crippen LogP contribution is -2.45. The van der Waals surface area contributed by atoms with Gasteiger partial charge in [-0.15, -0.1) is 0 Å². The minimum Gasteiger partial charge on any atom is -0.367 e. The van der Waals surface area contributed by atoms with Gasteiger partial charge in [0.1, 0.15) is 23.5 Å². The van der Waals surface area contributed by atoms with Crippen LogP contribution in [0.2, 0.25) is 0 Å². The van der Waals surface area contributed by atoms with E-state index in [9.17, 15) is 13.6 Å². The predicted octanol–water partition coefficient (Wildman–Crippen LogP) is 3.81. The lowest BCUT2D eigenvalue weighted by atomic mass is 9.90. The zero-order valence-electron chi connectivity index (χ0n) is 18.7. The quantitative estimate of drug-likeness (QED) is 0.649. The number of likely N-dealkylation sites (tertiary alicyclic amines) is 1. The molecule has 6 nitrogen and oxygen atoms in total. The Morgan fingerprint density at radius 1 is 1.19 bits per heavy atom. The summed E-state index contributed by atoms with van der Waals surface area (Å²) in [5, 5.41) is 6.27. The van der Waals surface area contributed by atoms with Crippen molar-refractivity contribution >= 4 is 11.7 Å². The van der Waals surface area contributed by atoms with Gasteiger partial charge in [0.15, 0.2) is 0 Å². The fourth-order valence-electron chi connectivity index (χ4n) is 4.35. The van der Waals surface area contributed by atoms with Crippen molar-refractivity contribution < 1.29 is 13.6 Å². The van der Waals surface area contributed by atoms with E-state index in [2.05, 4.69) is 20.5 Å². The van der Waals surface area contributed by atoms with E-state index in [1.807, 2.05) is 6.92 Å². The first-order valence-electron chi connectivity index (χ1n) is 11.5. The molecule has 2 heterocycles. The fourth-order valence-corrected chi connectivity index (χ4v) is 4.35. The minimum absolute atomic E-state index is 0.157. The van der Waals surface area contributed by atoms with Crippen molar-refractivity contribution in [3.8, 4) is 0 Å². The highest BCUT2D eigenvalue weighted by atomic mass is 19.1. The second kappa shape index (κ2) is 9.90. The van der Waals surface area contributed by atoms with Crippen LogP contribution in [0.1, 0.15) is 66.0 Å². The SMILES string of the molecule is Cc1nc(NCCN2CCCC2)c(C(C)c2ccc(F)cc2)nc1C(=O)N[C@H]1C[C@H](F)C1. The molecule has 8 heteroatoms. The van der Waals surface area contributed by atoms with Crippen LogP contribution >= 0.6 is 0 Å². The van der Waals surface area contributed by atoms with Crippen LogP contribution in [0, 0.1) is 12.7 Å². The molecule has 2 aromatic rings. The van der Waals surface area contributed by atoms with Gasteiger partial charge < -0.3 is 15.5 Å². The standard InChI is InChI=1S/C24H31F2N5O/c1-15(17-5-7-18(25)8-6-17)21-23(27-9-12-31-10-3-4-11-31)28-16(2)22(30-21)24(32)29-20-13-19(26)14-20/h5-8,15,19-20H,3-4,9-14H2,1-2H3,(H,27,28)(H,29,32)/t15?,19-,20-. The molecule has 1 aliphatic heterocycles. The number of aryl methyl sites for hydroxylation is 1. The Labute approximate surface area is 187 Å². The molecule has 2 aliphatic rings. The van der Waals surface area contributed by atoms with Gasteiger partial charge in [0.05, 0.1) is 11.4 Å². The molecule has 1 unspecified atom stereocenters. The number of hydrogen-bond acceptors (Lipinski definition) is 5. The van der Waals surface area contributed by atoms with Crippen molar-refractivity contribution in [1.82, 2.24) is 20.2 Å². The molecular formula is C24H31F2N5O. The molecule has 1 amide bonds. The van der Waals surface area contributed by atoms with Crippen LogP contribution in [-0.4, -0.2) is 59.2 Å². The molecule has 1 saturated carbocycles. The molecule has 2 fully saturated rings. The third kappa shape index (κ3) is 5.23. The number of rotatable bonds is 8. The Kier molecular flexibility index (Phi) is 6.98. The maximum Gasteiger partial charge on any atom is 0.271 e. The first kappa shape index (κ1) is 22.6. The van der Waals surface area contributed by atoms with Crippen LogP contribution in [-0.2, 0) is 0 Å². The lowest BCUT2D eigenvalue weighted by Gasteiger charge is -2.30. The van der Waals surface area contributed by atoms with Crippen molar-refractivity contribution in [3.63, 3.8) is 0 Å². The summed E-state index contributed by atoms with van der Waals surface area (Å²) in [6.07, 6.45) is 2.31. The van der Waals surface area contributed by atoms with Gasteiger partial charge in [-0.1, -0.05) is 19.1 Å². The Bertz CT molecular complexity index is 940. The Morgan fingerprint density at radius 2 is 1.88 bits per heavy atom. The average Bonchev–Trinajstić information content (AvgIpc) is 3.26. The van der Waals surface area contributed by atoms with Gasteiger partial charge in [-0.2, -0.15) is 0 Å². The summed E-state index contributed by atoms with van der Waals surface area (Å²) in [5.74, 6) is -0.180. The van der Waals surface area contributed by atoms with Gasteiger partial charge >= 0.3 is 0 Å². The number of nitrogens with one attached hydrogen (secondary N) is 2. The zero-order valence-corrected chi connectivity index (χ0v) is 18.7. The Balaban J connectivity index is 1.57. The smallest absolute Gasteiger partial charge is 0.271 e. The number of carbonyl (C=O) groups excluding carboxylic acids is 1. The van der Waals surface area contributed by atoms with Crippen molar-refractivity contribution in [2.45, 2.75) is 57.7 Å². The van der Waals surface area contributed by atoms with Crippen LogP contribution in [0.3, 0.4) is 0 Å². The van der Waals surface area contributed by atoms with Gasteiger partial charge in [-0.05, 0) is 63.4 Å². The van der Waals surface area contributed by atoms with E-state index >= 15 is 0 Å². The maximum atomic E-state index is 13.4. The van der Waals surface area contributed by atoms with Crippen molar-refractivity contribution in [2.24, 2.45) is 0 Å². The van der Waals surface area contributed by atoms with Gasteiger partial charge in [-0.25, -0.2) is 18.7 Å². The van der Waals surface area contributed by atoms with Crippen LogP contribution < -0.4 is 10.6 Å². The Morgan fingerprint density at radius 3 is 2.53 bits per heavy atom. The third-order valence-corrected chi connectivity index (χ3v) is 6.43. The number of alkyl halides is 1. The normalized spacial score (nSPS) is 21.8. The highest BCUT2D eigenvalue weighted by molar-refractivity contribution is 5.93. The van der Waals surface area contributed by atoms with Gasteiger partial charge in [0.2, 0.25) is 0 Å². The van der Waals surface area contributed by atoms with Crippen molar-refractivity contribution in [3.05, 3.63) is 52.7 Å². The number of aromatic nitrogens is 2. The highest BCUT2D eigenvalue weighted by Gasteiger charge is 2.31. The maximum absolute atomic E-state index is 13.4. The summed E-state index contributed by atoms with van der Waals surface area (Å²) in [6.45, 7) is 7.61. The summed E-state index contributed by atoms with van der Waals surface area (Å²) in [6, 6.07) is 6.14. The Hall–Kier alpha value is -2.61. The molecule has 1 aromatic heterocycles. The molecule has 1 aliphatic carbocycles. The van der Waals surface area contributed by atoms with E-state index in [0.717, 1.165) is 31.7 Å². The summed E-state index contributed by atoms with van der Waals surface area (Å²) in [5.41, 5.74) is 2.31. The van der Waals surface area contributed by atoms with Crippen LogP contribution in [0.25, 0.3) is 0 Å². The fraction of sp³-hybridized carbons (Fsp3) is 0.542. The van der Waals surface area contributed by atoms with E-state index in [0.29, 0.717) is 30.0 Å². The number of nitrogens with zero attached hydrogens (tertiary/aromatic N) is 3. The molecule has 4 rings (SSSR count). The van der Waals surface area contributed by atoms with Crippen LogP contribution in [0.15, 0.2) is 24.3 Å². The van der Waals surface area contributed by atoms with Crippen molar-refractivity contribution in [1.29, 1.82) is 0 Å². The van der Waals surface area contributed by atoms with Gasteiger partial charge in [0.25, 0.3) is 5.91 Å². The molecule has 1 aromatic carbocycles. The van der Waals surface area contributed by atoms with E-state index < -0.39 is 6.17 Å². The molecule has 32 heavy (non-hydrogen) atoms. The lowest BCUT2D eigenvalue weighted by molar-refractivity contribution is 0.0854. The molecule has 0 bridgehead atoms. The third-order valence-electron chi connectivity index (χ3n) is 6.43. The largest absolute Gasteiger partial charge is 0.367 e. The number of benzene rings is 1. The summed E-state index contributed by atoms with van der Waals surface area (Å²) in [7, 11) is 0. The summed E-state index contributed by atoms with van der Waals surface area (Å²) >= 11 is 0. The molecule has 2 N–H and O–H groups in total. The van der Waals surface area contributed by atoms with Gasteiger partial charge in [-0.3, -0.25) is 4.79 Å². The highest BCUT2D eigenvalue weighted by Crippen LogP contribution is 2.29. The topological polar surface area (TPSA) is 70.2 Å². The van der Waals surface area contributed by atoms with Gasteiger partial charge in [0, 0.05) is 25.0 Å². The minimum atomic E-state index is -0.844. The summed E-state index contributed by atoms with van der Waals surface area (Å²) < 4.78 is 26.6. The van der Waals surface area contributed by atoms with Crippen LogP contribution in [0.5, 0.6) is 0 Å². The first-order valence-corrected chi connectivity index (χ1v) is 11.5. The van der Waals surface area contributed by atoms with E-state index in [1.165, 1.54) is 25.0 Å². The molecular weight excluding hydrogens is 412 g/mol. The average molecular weight is 444 g/mol. The number of halogens is 2. The molecule has 1 saturated heterocycles. The monoisotopic (exact) mass is 443 g/mol. The van der Waals surface area contributed by atoms with E-state index in [4.69, 9.17) is 4.98 Å². The van der Waals surface area contributed by atoms with Crippen molar-refractivity contribution in [2.75, 3.05) is 31.5 Å². The molecule has 0 radical (unpaired) electrons. The molecule has 0 spiro atoms. The summed E-state index contributed by atoms with van der Waals surface area (Å²) in [4.78, 5) is 24.6. The zero-order chi connectivity index (χ0) is 22.7.